The maximum Gasteiger partial charge on any atom is 0.135 e. The van der Waals surface area contributed by atoms with Gasteiger partial charge >= 0.3 is 0 Å². The first-order valence-corrected chi connectivity index (χ1v) is 1.92. The van der Waals surface area contributed by atoms with Gasteiger partial charge in [-0.25, -0.2) is 0 Å². The first kappa shape index (κ1) is 6.14. The van der Waals surface area contributed by atoms with Crippen LogP contribution in [-0.4, -0.2) is 17.2 Å². The third-order valence-electron chi connectivity index (χ3n) is 0.460. The van der Waals surface area contributed by atoms with Crippen molar-refractivity contribution in [3.8, 4) is 0 Å². The molecule has 0 saturated heterocycles. The first-order chi connectivity index (χ1) is 3.27. The van der Waals surface area contributed by atoms with Gasteiger partial charge < -0.3 is 5.21 Å². The third kappa shape index (κ3) is 5.14. The highest BCUT2D eigenvalue weighted by Crippen LogP contribution is 1.72. The van der Waals surface area contributed by atoms with E-state index in [0.29, 0.717) is 0 Å². The lowest BCUT2D eigenvalue weighted by Gasteiger charge is -1.76. The number of rotatable bonds is 2. The number of hydrogen-bond acceptors (Lipinski definition) is 3. The lowest BCUT2D eigenvalue weighted by molar-refractivity contribution is -0.115. The lowest BCUT2D eigenvalue weighted by atomic mass is 10.3. The van der Waals surface area contributed by atoms with Crippen LogP contribution in [0.2, 0.25) is 0 Å². The molecule has 0 aromatic rings. The molecule has 0 aliphatic heterocycles. The zero-order chi connectivity index (χ0) is 5.70. The van der Waals surface area contributed by atoms with E-state index in [1.807, 2.05) is 0 Å². The van der Waals surface area contributed by atoms with E-state index in [1.165, 1.54) is 6.92 Å². The number of Topliss-reactive ketones (excluding diaryl/α,β-unsaturated/α-hetero) is 1. The predicted octanol–water partition coefficient (Wildman–Crippen LogP) is 0.426. The summed E-state index contributed by atoms with van der Waals surface area (Å²) < 4.78 is 0. The van der Waals surface area contributed by atoms with Gasteiger partial charge in [-0.1, -0.05) is 0 Å². The second-order valence-electron chi connectivity index (χ2n) is 1.20. The van der Waals surface area contributed by atoms with Crippen molar-refractivity contribution in [2.75, 3.05) is 0 Å². The fourth-order valence-corrected chi connectivity index (χ4v) is 0.169. The molecule has 0 heterocycles. The smallest absolute Gasteiger partial charge is 0.135 e. The molecule has 0 spiro atoms. The van der Waals surface area contributed by atoms with Crippen molar-refractivity contribution in [3.63, 3.8) is 0 Å². The summed E-state index contributed by atoms with van der Waals surface area (Å²) in [6.45, 7) is 1.43. The summed E-state index contributed by atoms with van der Waals surface area (Å²) in [5.74, 6) is -0.00204. The standard InChI is InChI=1S/C4H7NO2/c1-4(6)2-3-5-7/h3,7H,2H2,1H3/b5-3-. The monoisotopic (exact) mass is 101 g/mol. The number of hydrogen-bond donors (Lipinski definition) is 1. The normalized spacial score (nSPS) is 9.86. The van der Waals surface area contributed by atoms with Crippen LogP contribution in [0.15, 0.2) is 5.16 Å². The molecule has 0 saturated carbocycles. The third-order valence-corrected chi connectivity index (χ3v) is 0.460. The van der Waals surface area contributed by atoms with E-state index in [0.717, 1.165) is 6.21 Å². The van der Waals surface area contributed by atoms with Crippen molar-refractivity contribution >= 4 is 12.0 Å². The molecule has 0 rings (SSSR count). The molecular formula is C4H7NO2. The molecule has 1 N–H and O–H groups in total. The predicted molar refractivity (Wildman–Crippen MR) is 25.6 cm³/mol. The van der Waals surface area contributed by atoms with Crippen LogP contribution in [0.4, 0.5) is 0 Å². The van der Waals surface area contributed by atoms with E-state index >= 15 is 0 Å². The Hall–Kier alpha value is -0.860. The Labute approximate surface area is 41.6 Å². The fourth-order valence-electron chi connectivity index (χ4n) is 0.169. The lowest BCUT2D eigenvalue weighted by Crippen LogP contribution is -1.88. The Morgan fingerprint density at radius 1 is 2.00 bits per heavy atom. The maximum atomic E-state index is 10.0. The van der Waals surface area contributed by atoms with E-state index in [9.17, 15) is 4.79 Å². The summed E-state index contributed by atoms with van der Waals surface area (Å²) in [6.07, 6.45) is 1.37. The maximum absolute atomic E-state index is 10.0. The second-order valence-corrected chi connectivity index (χ2v) is 1.20. The van der Waals surface area contributed by atoms with Gasteiger partial charge in [-0.3, -0.25) is 4.79 Å². The molecule has 0 aliphatic rings. The molecule has 0 aromatic heterocycles. The molecule has 0 bridgehead atoms. The SMILES string of the molecule is CC(=O)C/C=N\O. The van der Waals surface area contributed by atoms with Crippen LogP contribution in [0.5, 0.6) is 0 Å². The fraction of sp³-hybridized carbons (Fsp3) is 0.500. The van der Waals surface area contributed by atoms with Crippen LogP contribution < -0.4 is 0 Å². The number of carbonyl (C=O) groups is 1. The second kappa shape index (κ2) is 3.33. The molecule has 0 atom stereocenters. The van der Waals surface area contributed by atoms with Crippen molar-refractivity contribution in [3.05, 3.63) is 0 Å². The van der Waals surface area contributed by atoms with Crippen molar-refractivity contribution in [2.45, 2.75) is 13.3 Å². The van der Waals surface area contributed by atoms with Gasteiger partial charge in [0.1, 0.15) is 5.78 Å². The van der Waals surface area contributed by atoms with Gasteiger partial charge in [0.05, 0.1) is 6.21 Å². The number of nitrogens with zero attached hydrogens (tertiary/aromatic N) is 1. The van der Waals surface area contributed by atoms with E-state index in [2.05, 4.69) is 5.16 Å². The molecule has 3 nitrogen and oxygen atoms in total. The Kier molecular flexibility index (Phi) is 2.92. The van der Waals surface area contributed by atoms with Crippen molar-refractivity contribution < 1.29 is 10.0 Å². The van der Waals surface area contributed by atoms with Crippen LogP contribution >= 0.6 is 0 Å². The highest BCUT2D eigenvalue weighted by atomic mass is 16.4. The summed E-state index contributed by atoms with van der Waals surface area (Å²) >= 11 is 0. The molecule has 0 unspecified atom stereocenters. The quantitative estimate of drug-likeness (QED) is 0.311. The summed E-state index contributed by atoms with van der Waals surface area (Å²) in [6, 6.07) is 0. The van der Waals surface area contributed by atoms with Crippen molar-refractivity contribution in [1.82, 2.24) is 0 Å². The molecular weight excluding hydrogens is 94.0 g/mol. The molecule has 40 valence electrons. The van der Waals surface area contributed by atoms with E-state index in [1.54, 1.807) is 0 Å². The average molecular weight is 101 g/mol. The van der Waals surface area contributed by atoms with E-state index in [4.69, 9.17) is 5.21 Å². The van der Waals surface area contributed by atoms with Crippen LogP contribution in [0.3, 0.4) is 0 Å². The highest BCUT2D eigenvalue weighted by molar-refractivity contribution is 5.89. The van der Waals surface area contributed by atoms with Gasteiger partial charge in [-0.2, -0.15) is 0 Å². The molecule has 7 heavy (non-hydrogen) atoms. The van der Waals surface area contributed by atoms with Crippen molar-refractivity contribution in [2.24, 2.45) is 5.16 Å². The molecule has 0 aromatic carbocycles. The number of oxime groups is 1. The first-order valence-electron chi connectivity index (χ1n) is 1.92. The summed E-state index contributed by atoms with van der Waals surface area (Å²) in [5.41, 5.74) is 0. The zero-order valence-corrected chi connectivity index (χ0v) is 4.09. The summed E-state index contributed by atoms with van der Waals surface area (Å²) in [5, 5.41) is 10.4. The van der Waals surface area contributed by atoms with Gasteiger partial charge in [0.15, 0.2) is 0 Å². The highest BCUT2D eigenvalue weighted by Gasteiger charge is 1.83. The minimum atomic E-state index is -0.00204. The Bertz CT molecular complexity index is 87.7. The average Bonchev–Trinajstić information content (AvgIpc) is 1.61. The number of ketones is 1. The van der Waals surface area contributed by atoms with Crippen molar-refractivity contribution in [1.29, 1.82) is 0 Å². The van der Waals surface area contributed by atoms with Gasteiger partial charge in [0.2, 0.25) is 0 Å². The molecule has 0 amide bonds. The van der Waals surface area contributed by atoms with Gasteiger partial charge in [0.25, 0.3) is 0 Å². The van der Waals surface area contributed by atoms with Crippen LogP contribution in [0.25, 0.3) is 0 Å². The summed E-state index contributed by atoms with van der Waals surface area (Å²) in [7, 11) is 0. The minimum absolute atomic E-state index is 0.00204. The zero-order valence-electron chi connectivity index (χ0n) is 4.09. The van der Waals surface area contributed by atoms with Crippen LogP contribution in [-0.2, 0) is 4.79 Å². The Morgan fingerprint density at radius 2 is 2.57 bits per heavy atom. The molecule has 0 aliphatic carbocycles. The van der Waals surface area contributed by atoms with Crippen LogP contribution in [0, 0.1) is 0 Å². The number of carbonyl (C=O) groups excluding carboxylic acids is 1. The minimum Gasteiger partial charge on any atom is -0.411 e. The van der Waals surface area contributed by atoms with E-state index < -0.39 is 0 Å². The summed E-state index contributed by atoms with van der Waals surface area (Å²) in [4.78, 5) is 10.0. The molecule has 0 fully saturated rings. The largest absolute Gasteiger partial charge is 0.411 e. The Balaban J connectivity index is 3.14. The molecule has 0 radical (unpaired) electrons. The van der Waals surface area contributed by atoms with Gasteiger partial charge in [-0.05, 0) is 6.92 Å². The molecule has 3 heteroatoms. The van der Waals surface area contributed by atoms with Crippen LogP contribution in [0.1, 0.15) is 13.3 Å². The Morgan fingerprint density at radius 3 is 2.71 bits per heavy atom. The van der Waals surface area contributed by atoms with Gasteiger partial charge in [-0.15, -0.1) is 5.16 Å². The topological polar surface area (TPSA) is 49.7 Å². The van der Waals surface area contributed by atoms with E-state index in [-0.39, 0.29) is 12.2 Å². The van der Waals surface area contributed by atoms with Gasteiger partial charge in [0, 0.05) is 6.42 Å².